The third kappa shape index (κ3) is 2.82. The smallest absolute Gasteiger partial charge is 0.434 e. The van der Waals surface area contributed by atoms with Gasteiger partial charge in [-0.1, -0.05) is 6.07 Å². The first kappa shape index (κ1) is 14.6. The van der Waals surface area contributed by atoms with Crippen molar-refractivity contribution in [1.29, 1.82) is 0 Å². The molecule has 0 fully saturated rings. The van der Waals surface area contributed by atoms with Crippen LogP contribution in [0.5, 0.6) is 5.75 Å². The Morgan fingerprint density at radius 2 is 2.09 bits per heavy atom. The zero-order valence-electron chi connectivity index (χ0n) is 11.4. The van der Waals surface area contributed by atoms with Gasteiger partial charge in [0, 0.05) is 30.4 Å². The van der Waals surface area contributed by atoms with E-state index in [4.69, 9.17) is 10.5 Å². The maximum Gasteiger partial charge on any atom is 0.434 e. The van der Waals surface area contributed by atoms with Crippen LogP contribution in [0.15, 0.2) is 24.4 Å². The molecule has 0 atom stereocenters. The molecule has 3 N–H and O–H groups in total. The number of alkyl halides is 3. The molecule has 3 rings (SSSR count). The summed E-state index contributed by atoms with van der Waals surface area (Å²) < 4.78 is 44.9. The predicted molar refractivity (Wildman–Crippen MR) is 74.1 cm³/mol. The van der Waals surface area contributed by atoms with Gasteiger partial charge in [-0.25, -0.2) is 9.97 Å². The quantitative estimate of drug-likeness (QED) is 0.845. The molecule has 0 aliphatic carbocycles. The third-order valence-electron chi connectivity index (χ3n) is 3.30. The Morgan fingerprint density at radius 1 is 1.27 bits per heavy atom. The highest BCUT2D eigenvalue weighted by Crippen LogP contribution is 2.37. The van der Waals surface area contributed by atoms with E-state index in [9.17, 15) is 13.2 Å². The lowest BCUT2D eigenvalue weighted by Gasteiger charge is -2.14. The van der Waals surface area contributed by atoms with Crippen molar-refractivity contribution in [2.75, 3.05) is 18.9 Å². The molecule has 0 saturated carbocycles. The monoisotopic (exact) mass is 310 g/mol. The van der Waals surface area contributed by atoms with Crippen LogP contribution in [-0.4, -0.2) is 23.1 Å². The van der Waals surface area contributed by atoms with E-state index in [0.29, 0.717) is 31.0 Å². The molecule has 1 aliphatic rings. The van der Waals surface area contributed by atoms with E-state index in [1.807, 2.05) is 0 Å². The molecule has 116 valence electrons. The molecule has 0 unspecified atom stereocenters. The van der Waals surface area contributed by atoms with Gasteiger partial charge in [0.1, 0.15) is 12.4 Å². The van der Waals surface area contributed by atoms with Crippen LogP contribution in [0.4, 0.5) is 19.1 Å². The number of fused-ring (bicyclic) bond motifs is 1. The first-order valence-corrected chi connectivity index (χ1v) is 6.61. The van der Waals surface area contributed by atoms with Crippen LogP contribution in [0.1, 0.15) is 11.3 Å². The van der Waals surface area contributed by atoms with Gasteiger partial charge in [0.05, 0.1) is 0 Å². The number of hydrogen-bond acceptors (Lipinski definition) is 5. The zero-order chi connectivity index (χ0) is 15.7. The summed E-state index contributed by atoms with van der Waals surface area (Å²) in [7, 11) is 0. The van der Waals surface area contributed by atoms with Crippen molar-refractivity contribution >= 4 is 5.95 Å². The van der Waals surface area contributed by atoms with Crippen LogP contribution in [0.2, 0.25) is 0 Å². The van der Waals surface area contributed by atoms with Crippen molar-refractivity contribution < 1.29 is 17.9 Å². The van der Waals surface area contributed by atoms with Gasteiger partial charge < -0.3 is 15.8 Å². The molecule has 0 amide bonds. The Morgan fingerprint density at radius 3 is 2.86 bits per heavy atom. The number of nitrogens with two attached hydrogens (primary N) is 1. The normalized spacial score (nSPS) is 14.9. The molecule has 2 aromatic rings. The Bertz CT molecular complexity index is 703. The lowest BCUT2D eigenvalue weighted by atomic mass is 10.0. The zero-order valence-corrected chi connectivity index (χ0v) is 11.4. The molecule has 0 radical (unpaired) electrons. The number of aromatic nitrogens is 2. The largest absolute Gasteiger partial charge is 0.492 e. The molecule has 1 aliphatic heterocycles. The SMILES string of the molecule is Nc1ncc(-c2ccc3c(c2)CNCCO3)c(C(F)(F)F)n1. The van der Waals surface area contributed by atoms with Crippen LogP contribution in [0.3, 0.4) is 0 Å². The molecule has 0 bridgehead atoms. The van der Waals surface area contributed by atoms with Crippen LogP contribution >= 0.6 is 0 Å². The van der Waals surface area contributed by atoms with Gasteiger partial charge in [-0.15, -0.1) is 0 Å². The van der Waals surface area contributed by atoms with E-state index in [2.05, 4.69) is 15.3 Å². The standard InChI is InChI=1S/C14H13F3N4O/c15-14(16,17)12-10(7-20-13(18)21-12)8-1-2-11-9(5-8)6-19-3-4-22-11/h1-2,5,7,19H,3-4,6H2,(H2,18,20,21). The Labute approximate surface area is 124 Å². The van der Waals surface area contributed by atoms with E-state index >= 15 is 0 Å². The molecular formula is C14H13F3N4O. The van der Waals surface area contributed by atoms with Crippen molar-refractivity contribution in [1.82, 2.24) is 15.3 Å². The van der Waals surface area contributed by atoms with Gasteiger partial charge in [-0.05, 0) is 17.7 Å². The van der Waals surface area contributed by atoms with E-state index in [-0.39, 0.29) is 5.56 Å². The number of anilines is 1. The Hall–Kier alpha value is -2.35. The molecule has 1 aromatic heterocycles. The predicted octanol–water partition coefficient (Wildman–Crippen LogP) is 2.23. The fourth-order valence-corrected chi connectivity index (χ4v) is 2.30. The van der Waals surface area contributed by atoms with Crippen molar-refractivity contribution in [3.8, 4) is 16.9 Å². The maximum atomic E-state index is 13.1. The van der Waals surface area contributed by atoms with Gasteiger partial charge in [0.2, 0.25) is 5.95 Å². The van der Waals surface area contributed by atoms with Gasteiger partial charge in [0.15, 0.2) is 5.69 Å². The minimum Gasteiger partial charge on any atom is -0.492 e. The van der Waals surface area contributed by atoms with Gasteiger partial charge in [0.25, 0.3) is 0 Å². The number of nitrogens with zero attached hydrogens (tertiary/aromatic N) is 2. The minimum absolute atomic E-state index is 0.103. The summed E-state index contributed by atoms with van der Waals surface area (Å²) in [6, 6.07) is 4.88. The van der Waals surface area contributed by atoms with Crippen LogP contribution in [0.25, 0.3) is 11.1 Å². The number of ether oxygens (including phenoxy) is 1. The molecule has 0 saturated heterocycles. The van der Waals surface area contributed by atoms with E-state index in [0.717, 1.165) is 11.8 Å². The highest BCUT2D eigenvalue weighted by atomic mass is 19.4. The van der Waals surface area contributed by atoms with Crippen molar-refractivity contribution in [3.63, 3.8) is 0 Å². The summed E-state index contributed by atoms with van der Waals surface area (Å²) >= 11 is 0. The van der Waals surface area contributed by atoms with Crippen LogP contribution in [-0.2, 0) is 12.7 Å². The number of halogens is 3. The third-order valence-corrected chi connectivity index (χ3v) is 3.30. The first-order valence-electron chi connectivity index (χ1n) is 6.61. The summed E-state index contributed by atoms with van der Waals surface area (Å²) in [6.07, 6.45) is -3.51. The molecule has 2 heterocycles. The number of hydrogen-bond donors (Lipinski definition) is 2. The molecule has 5 nitrogen and oxygen atoms in total. The fourth-order valence-electron chi connectivity index (χ4n) is 2.30. The molecular weight excluding hydrogens is 297 g/mol. The van der Waals surface area contributed by atoms with Crippen molar-refractivity contribution in [2.45, 2.75) is 12.7 Å². The van der Waals surface area contributed by atoms with Gasteiger partial charge >= 0.3 is 6.18 Å². The molecule has 8 heteroatoms. The Balaban J connectivity index is 2.10. The second kappa shape index (κ2) is 5.45. The highest BCUT2D eigenvalue weighted by Gasteiger charge is 2.36. The second-order valence-electron chi connectivity index (χ2n) is 4.84. The number of rotatable bonds is 1. The van der Waals surface area contributed by atoms with E-state index in [1.165, 1.54) is 0 Å². The summed E-state index contributed by atoms with van der Waals surface area (Å²) in [5.41, 5.74) is 5.30. The Kier molecular flexibility index (Phi) is 3.61. The highest BCUT2D eigenvalue weighted by molar-refractivity contribution is 5.68. The van der Waals surface area contributed by atoms with E-state index in [1.54, 1.807) is 18.2 Å². The van der Waals surface area contributed by atoms with Crippen LogP contribution < -0.4 is 15.8 Å². The van der Waals surface area contributed by atoms with Gasteiger partial charge in [-0.2, -0.15) is 13.2 Å². The van der Waals surface area contributed by atoms with Crippen molar-refractivity contribution in [2.24, 2.45) is 0 Å². The fraction of sp³-hybridized carbons (Fsp3) is 0.286. The maximum absolute atomic E-state index is 13.1. The summed E-state index contributed by atoms with van der Waals surface area (Å²) in [5, 5.41) is 3.14. The first-order chi connectivity index (χ1) is 10.4. The topological polar surface area (TPSA) is 73.1 Å². The molecule has 1 aromatic carbocycles. The number of nitrogens with one attached hydrogen (secondary N) is 1. The van der Waals surface area contributed by atoms with Crippen molar-refractivity contribution in [3.05, 3.63) is 35.7 Å². The summed E-state index contributed by atoms with van der Waals surface area (Å²) in [5.74, 6) is 0.259. The average Bonchev–Trinajstić information content (AvgIpc) is 2.70. The number of benzene rings is 1. The molecule has 0 spiro atoms. The molecule has 22 heavy (non-hydrogen) atoms. The summed E-state index contributed by atoms with van der Waals surface area (Å²) in [6.45, 7) is 1.73. The summed E-state index contributed by atoms with van der Waals surface area (Å²) in [4.78, 5) is 7.03. The number of nitrogen functional groups attached to an aromatic ring is 1. The minimum atomic E-state index is -4.60. The van der Waals surface area contributed by atoms with E-state index < -0.39 is 17.8 Å². The lowest BCUT2D eigenvalue weighted by Crippen LogP contribution is -2.16. The second-order valence-corrected chi connectivity index (χ2v) is 4.84. The van der Waals surface area contributed by atoms with Gasteiger partial charge in [-0.3, -0.25) is 0 Å². The average molecular weight is 310 g/mol. The van der Waals surface area contributed by atoms with Crippen LogP contribution in [0, 0.1) is 0 Å². The lowest BCUT2D eigenvalue weighted by molar-refractivity contribution is -0.140.